The van der Waals surface area contributed by atoms with E-state index in [1.165, 1.54) is 47.7 Å². The van der Waals surface area contributed by atoms with E-state index < -0.39 is 11.8 Å². The first-order valence-electron chi connectivity index (χ1n) is 8.11. The van der Waals surface area contributed by atoms with Crippen LogP contribution in [0.2, 0.25) is 0 Å². The summed E-state index contributed by atoms with van der Waals surface area (Å²) in [6.07, 6.45) is 0. The molecule has 2 N–H and O–H groups in total. The van der Waals surface area contributed by atoms with Gasteiger partial charge in [-0.1, -0.05) is 0 Å². The minimum Gasteiger partial charge on any atom is -0.497 e. The topological polar surface area (TPSA) is 104 Å². The molecule has 0 unspecified atom stereocenters. The second-order valence-corrected chi connectivity index (χ2v) is 5.39. The number of ether oxygens (including phenoxy) is 5. The van der Waals surface area contributed by atoms with Crippen molar-refractivity contribution in [2.75, 3.05) is 46.2 Å². The standard InChI is InChI=1S/C19H22N2O7/c1-24-12-6-7-13(14(10-12)25-2)21-19(23)18(22)20-11-8-15(26-3)17(28-5)16(9-11)27-4/h6-10H,1-5H3,(H,20,22)(H,21,23). The molecular weight excluding hydrogens is 368 g/mol. The zero-order valence-electron chi connectivity index (χ0n) is 16.2. The third kappa shape index (κ3) is 4.56. The summed E-state index contributed by atoms with van der Waals surface area (Å²) >= 11 is 0. The fourth-order valence-electron chi connectivity index (χ4n) is 2.42. The number of anilines is 2. The van der Waals surface area contributed by atoms with Crippen LogP contribution in [0.3, 0.4) is 0 Å². The van der Waals surface area contributed by atoms with Crippen molar-refractivity contribution in [2.24, 2.45) is 0 Å². The van der Waals surface area contributed by atoms with E-state index in [1.54, 1.807) is 18.2 Å². The van der Waals surface area contributed by atoms with Crippen LogP contribution in [0.4, 0.5) is 11.4 Å². The Kier molecular flexibility index (Phi) is 6.91. The third-order valence-corrected chi connectivity index (χ3v) is 3.79. The molecule has 0 aliphatic heterocycles. The Morgan fingerprint density at radius 1 is 0.679 bits per heavy atom. The first kappa shape index (κ1) is 20.7. The lowest BCUT2D eigenvalue weighted by molar-refractivity contribution is -0.133. The summed E-state index contributed by atoms with van der Waals surface area (Å²) in [6.45, 7) is 0. The van der Waals surface area contributed by atoms with Crippen LogP contribution in [-0.2, 0) is 9.59 Å². The Bertz CT molecular complexity index is 842. The molecule has 0 atom stereocenters. The van der Waals surface area contributed by atoms with Crippen LogP contribution >= 0.6 is 0 Å². The maximum Gasteiger partial charge on any atom is 0.314 e. The van der Waals surface area contributed by atoms with Gasteiger partial charge in [-0.15, -0.1) is 0 Å². The summed E-state index contributed by atoms with van der Waals surface area (Å²) in [7, 11) is 7.32. The minimum absolute atomic E-state index is 0.302. The van der Waals surface area contributed by atoms with Gasteiger partial charge in [0.15, 0.2) is 11.5 Å². The molecule has 0 radical (unpaired) electrons. The van der Waals surface area contributed by atoms with Crippen molar-refractivity contribution in [3.05, 3.63) is 30.3 Å². The number of carbonyl (C=O) groups excluding carboxylic acids is 2. The Hall–Kier alpha value is -3.62. The number of amides is 2. The van der Waals surface area contributed by atoms with Crippen molar-refractivity contribution >= 4 is 23.2 Å². The van der Waals surface area contributed by atoms with Crippen LogP contribution in [0.1, 0.15) is 0 Å². The fourth-order valence-corrected chi connectivity index (χ4v) is 2.42. The molecule has 9 nitrogen and oxygen atoms in total. The van der Waals surface area contributed by atoms with Crippen LogP contribution in [-0.4, -0.2) is 47.4 Å². The highest BCUT2D eigenvalue weighted by atomic mass is 16.5. The van der Waals surface area contributed by atoms with Gasteiger partial charge < -0.3 is 34.3 Å². The molecule has 0 aromatic heterocycles. The van der Waals surface area contributed by atoms with Crippen molar-refractivity contribution in [1.82, 2.24) is 0 Å². The lowest BCUT2D eigenvalue weighted by Crippen LogP contribution is -2.29. The summed E-state index contributed by atoms with van der Waals surface area (Å²) in [5.41, 5.74) is 0.629. The number of benzene rings is 2. The Balaban J connectivity index is 2.18. The summed E-state index contributed by atoms with van der Waals surface area (Å²) < 4.78 is 26.0. The number of nitrogens with one attached hydrogen (secondary N) is 2. The Morgan fingerprint density at radius 3 is 1.75 bits per heavy atom. The molecule has 2 amide bonds. The second kappa shape index (κ2) is 9.36. The van der Waals surface area contributed by atoms with Crippen LogP contribution < -0.4 is 34.3 Å². The molecule has 0 spiro atoms. The van der Waals surface area contributed by atoms with Crippen LogP contribution in [0.25, 0.3) is 0 Å². The summed E-state index contributed by atoms with van der Waals surface area (Å²) in [5, 5.41) is 4.98. The normalized spacial score (nSPS) is 9.89. The predicted molar refractivity (Wildman–Crippen MR) is 103 cm³/mol. The maximum absolute atomic E-state index is 12.3. The van der Waals surface area contributed by atoms with E-state index in [-0.39, 0.29) is 0 Å². The van der Waals surface area contributed by atoms with Gasteiger partial charge in [0.25, 0.3) is 0 Å². The third-order valence-electron chi connectivity index (χ3n) is 3.79. The molecule has 150 valence electrons. The molecule has 28 heavy (non-hydrogen) atoms. The lowest BCUT2D eigenvalue weighted by Gasteiger charge is -2.15. The van der Waals surface area contributed by atoms with Crippen molar-refractivity contribution in [3.63, 3.8) is 0 Å². The first-order chi connectivity index (χ1) is 13.5. The van der Waals surface area contributed by atoms with Gasteiger partial charge in [0, 0.05) is 23.9 Å². The SMILES string of the molecule is COc1ccc(NC(=O)C(=O)Nc2cc(OC)c(OC)c(OC)c2)c(OC)c1. The summed E-state index contributed by atoms with van der Waals surface area (Å²) in [4.78, 5) is 24.6. The number of hydrogen-bond donors (Lipinski definition) is 2. The van der Waals surface area contributed by atoms with Crippen LogP contribution in [0, 0.1) is 0 Å². The summed E-state index contributed by atoms with van der Waals surface area (Å²) in [6, 6.07) is 7.82. The number of carbonyl (C=O) groups is 2. The zero-order valence-corrected chi connectivity index (χ0v) is 16.2. The largest absolute Gasteiger partial charge is 0.497 e. The molecule has 0 heterocycles. The Labute approximate surface area is 162 Å². The number of hydrogen-bond acceptors (Lipinski definition) is 7. The van der Waals surface area contributed by atoms with Crippen molar-refractivity contribution in [3.8, 4) is 28.7 Å². The molecule has 0 bridgehead atoms. The fraction of sp³-hybridized carbons (Fsp3) is 0.263. The average Bonchev–Trinajstić information content (AvgIpc) is 2.72. The molecule has 2 rings (SSSR count). The van der Waals surface area contributed by atoms with E-state index in [0.29, 0.717) is 40.1 Å². The molecule has 2 aromatic carbocycles. The van der Waals surface area contributed by atoms with Crippen molar-refractivity contribution in [2.45, 2.75) is 0 Å². The minimum atomic E-state index is -0.882. The molecule has 0 aliphatic rings. The van der Waals surface area contributed by atoms with E-state index in [0.717, 1.165) is 0 Å². The van der Waals surface area contributed by atoms with E-state index in [1.807, 2.05) is 0 Å². The number of rotatable bonds is 7. The molecule has 0 fully saturated rings. The van der Waals surface area contributed by atoms with Gasteiger partial charge in [-0.25, -0.2) is 0 Å². The van der Waals surface area contributed by atoms with Crippen molar-refractivity contribution < 1.29 is 33.3 Å². The molecule has 0 aliphatic carbocycles. The maximum atomic E-state index is 12.3. The van der Waals surface area contributed by atoms with E-state index >= 15 is 0 Å². The quantitative estimate of drug-likeness (QED) is 0.699. The predicted octanol–water partition coefficient (Wildman–Crippen LogP) is 2.31. The van der Waals surface area contributed by atoms with Gasteiger partial charge in [0.1, 0.15) is 11.5 Å². The first-order valence-corrected chi connectivity index (χ1v) is 8.11. The van der Waals surface area contributed by atoms with Crippen LogP contribution in [0.5, 0.6) is 28.7 Å². The highest BCUT2D eigenvalue weighted by Gasteiger charge is 2.19. The molecular formula is C19H22N2O7. The van der Waals surface area contributed by atoms with Gasteiger partial charge in [0.2, 0.25) is 5.75 Å². The molecule has 0 saturated heterocycles. The monoisotopic (exact) mass is 390 g/mol. The van der Waals surface area contributed by atoms with Gasteiger partial charge in [-0.3, -0.25) is 9.59 Å². The molecule has 2 aromatic rings. The lowest BCUT2D eigenvalue weighted by atomic mass is 10.2. The number of methoxy groups -OCH3 is 5. The van der Waals surface area contributed by atoms with Crippen molar-refractivity contribution in [1.29, 1.82) is 0 Å². The highest BCUT2D eigenvalue weighted by Crippen LogP contribution is 2.40. The summed E-state index contributed by atoms with van der Waals surface area (Å²) in [5.74, 6) is 0.202. The van der Waals surface area contributed by atoms with Gasteiger partial charge in [-0.2, -0.15) is 0 Å². The Morgan fingerprint density at radius 2 is 1.25 bits per heavy atom. The smallest absolute Gasteiger partial charge is 0.314 e. The van der Waals surface area contributed by atoms with Gasteiger partial charge >= 0.3 is 11.8 Å². The van der Waals surface area contributed by atoms with Crippen LogP contribution in [0.15, 0.2) is 30.3 Å². The molecule has 9 heteroatoms. The zero-order chi connectivity index (χ0) is 20.7. The van der Waals surface area contributed by atoms with E-state index in [9.17, 15) is 9.59 Å². The average molecular weight is 390 g/mol. The highest BCUT2D eigenvalue weighted by molar-refractivity contribution is 6.43. The van der Waals surface area contributed by atoms with Gasteiger partial charge in [-0.05, 0) is 12.1 Å². The molecule has 0 saturated carbocycles. The second-order valence-electron chi connectivity index (χ2n) is 5.39. The van der Waals surface area contributed by atoms with E-state index in [2.05, 4.69) is 10.6 Å². The van der Waals surface area contributed by atoms with Gasteiger partial charge in [0.05, 0.1) is 41.2 Å². The van der Waals surface area contributed by atoms with E-state index in [4.69, 9.17) is 23.7 Å².